The summed E-state index contributed by atoms with van der Waals surface area (Å²) in [5, 5.41) is 0. The van der Waals surface area contributed by atoms with Crippen LogP contribution in [0.15, 0.2) is 18.2 Å². The quantitative estimate of drug-likeness (QED) is 0.845. The summed E-state index contributed by atoms with van der Waals surface area (Å²) in [4.78, 5) is 27.3. The first kappa shape index (κ1) is 15.4. The molecule has 0 N–H and O–H groups in total. The van der Waals surface area contributed by atoms with E-state index in [1.54, 1.807) is 26.0 Å². The zero-order chi connectivity index (χ0) is 15.6. The maximum Gasteiger partial charge on any atom is 0.249 e. The van der Waals surface area contributed by atoms with Gasteiger partial charge in [0.15, 0.2) is 0 Å². The first-order chi connectivity index (χ1) is 9.95. The van der Waals surface area contributed by atoms with Crippen LogP contribution in [0, 0.1) is 12.7 Å². The second-order valence-corrected chi connectivity index (χ2v) is 5.12. The Kier molecular flexibility index (Phi) is 4.57. The van der Waals surface area contributed by atoms with Gasteiger partial charge in [-0.2, -0.15) is 0 Å². The Hall–Kier alpha value is -1.95. The summed E-state index contributed by atoms with van der Waals surface area (Å²) in [5.74, 6) is -0.770. The maximum absolute atomic E-state index is 13.6. The summed E-state index contributed by atoms with van der Waals surface area (Å²) >= 11 is 0. The molecule has 0 saturated carbocycles. The fourth-order valence-corrected chi connectivity index (χ4v) is 2.42. The lowest BCUT2D eigenvalue weighted by Gasteiger charge is -2.39. The van der Waals surface area contributed by atoms with E-state index in [0.29, 0.717) is 24.3 Å². The SMILES string of the molecule is COCC(=O)N1CCN(c2ccc(C)c(F)c2)C(=O)C1C. The predicted octanol–water partition coefficient (Wildman–Crippen LogP) is 1.34. The number of hydrogen-bond donors (Lipinski definition) is 0. The van der Waals surface area contributed by atoms with Crippen molar-refractivity contribution in [2.45, 2.75) is 19.9 Å². The van der Waals surface area contributed by atoms with Crippen LogP contribution in [0.4, 0.5) is 10.1 Å². The molecule has 1 aromatic rings. The number of ether oxygens (including phenoxy) is 1. The Labute approximate surface area is 123 Å². The van der Waals surface area contributed by atoms with E-state index in [9.17, 15) is 14.0 Å². The summed E-state index contributed by atoms with van der Waals surface area (Å²) in [6.07, 6.45) is 0. The lowest BCUT2D eigenvalue weighted by molar-refractivity contribution is -0.143. The highest BCUT2D eigenvalue weighted by Crippen LogP contribution is 2.22. The summed E-state index contributed by atoms with van der Waals surface area (Å²) in [6, 6.07) is 4.14. The number of carbonyl (C=O) groups excluding carboxylic acids is 2. The molecule has 0 aliphatic carbocycles. The van der Waals surface area contributed by atoms with Crippen LogP contribution in [0.3, 0.4) is 0 Å². The van der Waals surface area contributed by atoms with Gasteiger partial charge in [-0.25, -0.2) is 4.39 Å². The standard InChI is InChI=1S/C15H19FN2O3/c1-10-4-5-12(8-13(10)16)18-7-6-17(11(2)15(18)20)14(19)9-21-3/h4-5,8,11H,6-7,9H2,1-3H3. The van der Waals surface area contributed by atoms with Gasteiger partial charge in [-0.15, -0.1) is 0 Å². The second-order valence-electron chi connectivity index (χ2n) is 5.12. The highest BCUT2D eigenvalue weighted by Gasteiger charge is 2.34. The van der Waals surface area contributed by atoms with Gasteiger partial charge >= 0.3 is 0 Å². The topological polar surface area (TPSA) is 49.9 Å². The van der Waals surface area contributed by atoms with Crippen molar-refractivity contribution in [3.05, 3.63) is 29.6 Å². The highest BCUT2D eigenvalue weighted by atomic mass is 19.1. The van der Waals surface area contributed by atoms with Crippen LogP contribution in [-0.4, -0.2) is 49.6 Å². The molecule has 1 fully saturated rings. The summed E-state index contributed by atoms with van der Waals surface area (Å²) in [7, 11) is 1.44. The number of hydrogen-bond acceptors (Lipinski definition) is 3. The number of amides is 2. The molecule has 0 spiro atoms. The number of nitrogens with zero attached hydrogens (tertiary/aromatic N) is 2. The molecule has 2 amide bonds. The van der Waals surface area contributed by atoms with Crippen LogP contribution in [0.2, 0.25) is 0 Å². The summed E-state index contributed by atoms with van der Waals surface area (Å²) in [6.45, 7) is 4.06. The van der Waals surface area contributed by atoms with Gasteiger partial charge in [0.2, 0.25) is 11.8 Å². The lowest BCUT2D eigenvalue weighted by atomic mass is 10.1. The number of rotatable bonds is 3. The van der Waals surface area contributed by atoms with E-state index in [4.69, 9.17) is 4.74 Å². The van der Waals surface area contributed by atoms with Crippen molar-refractivity contribution in [2.75, 3.05) is 31.7 Å². The van der Waals surface area contributed by atoms with Gasteiger partial charge in [0.25, 0.3) is 0 Å². The third-order valence-electron chi connectivity index (χ3n) is 3.71. The Morgan fingerprint density at radius 1 is 1.43 bits per heavy atom. The van der Waals surface area contributed by atoms with Crippen molar-refractivity contribution in [1.29, 1.82) is 0 Å². The number of halogens is 1. The van der Waals surface area contributed by atoms with Gasteiger partial charge < -0.3 is 14.5 Å². The van der Waals surface area contributed by atoms with Gasteiger partial charge in [-0.3, -0.25) is 9.59 Å². The van der Waals surface area contributed by atoms with Crippen LogP contribution in [0.25, 0.3) is 0 Å². The van der Waals surface area contributed by atoms with Gasteiger partial charge in [0.1, 0.15) is 18.5 Å². The lowest BCUT2D eigenvalue weighted by Crippen LogP contribution is -2.58. The molecule has 1 saturated heterocycles. The smallest absolute Gasteiger partial charge is 0.249 e. The molecule has 1 aliphatic heterocycles. The number of methoxy groups -OCH3 is 1. The van der Waals surface area contributed by atoms with Crippen LogP contribution in [0.1, 0.15) is 12.5 Å². The number of anilines is 1. The van der Waals surface area contributed by atoms with Gasteiger partial charge in [0.05, 0.1) is 0 Å². The molecule has 1 unspecified atom stereocenters. The van der Waals surface area contributed by atoms with E-state index < -0.39 is 6.04 Å². The minimum atomic E-state index is -0.578. The fourth-order valence-electron chi connectivity index (χ4n) is 2.42. The first-order valence-corrected chi connectivity index (χ1v) is 6.81. The van der Waals surface area contributed by atoms with Crippen LogP contribution >= 0.6 is 0 Å². The van der Waals surface area contributed by atoms with E-state index in [-0.39, 0.29) is 24.2 Å². The molecule has 6 heteroatoms. The molecule has 21 heavy (non-hydrogen) atoms. The van der Waals surface area contributed by atoms with E-state index in [2.05, 4.69) is 0 Å². The van der Waals surface area contributed by atoms with E-state index in [1.807, 2.05) is 0 Å². The number of aryl methyl sites for hydroxylation is 1. The van der Waals surface area contributed by atoms with Crippen LogP contribution in [-0.2, 0) is 14.3 Å². The Balaban J connectivity index is 2.17. The fraction of sp³-hybridized carbons (Fsp3) is 0.467. The molecule has 0 bridgehead atoms. The maximum atomic E-state index is 13.6. The van der Waals surface area contributed by atoms with E-state index in [0.717, 1.165) is 0 Å². The van der Waals surface area contributed by atoms with Crippen molar-refractivity contribution in [3.8, 4) is 0 Å². The zero-order valence-electron chi connectivity index (χ0n) is 12.4. The molecule has 1 aromatic carbocycles. The average Bonchev–Trinajstić information content (AvgIpc) is 2.45. The highest BCUT2D eigenvalue weighted by molar-refractivity contribution is 6.00. The molecular weight excluding hydrogens is 275 g/mol. The third kappa shape index (κ3) is 3.05. The molecule has 1 aliphatic rings. The van der Waals surface area contributed by atoms with Gasteiger partial charge in [0, 0.05) is 25.9 Å². The summed E-state index contributed by atoms with van der Waals surface area (Å²) < 4.78 is 18.5. The molecule has 0 radical (unpaired) electrons. The number of carbonyl (C=O) groups is 2. The minimum Gasteiger partial charge on any atom is -0.375 e. The van der Waals surface area contributed by atoms with E-state index >= 15 is 0 Å². The van der Waals surface area contributed by atoms with Crippen molar-refractivity contribution >= 4 is 17.5 Å². The molecule has 5 nitrogen and oxygen atoms in total. The van der Waals surface area contributed by atoms with Crippen LogP contribution < -0.4 is 4.90 Å². The molecule has 2 rings (SSSR count). The molecule has 1 atom stereocenters. The largest absolute Gasteiger partial charge is 0.375 e. The molecule has 114 valence electrons. The van der Waals surface area contributed by atoms with Crippen LogP contribution in [0.5, 0.6) is 0 Å². The molecule has 0 aromatic heterocycles. The average molecular weight is 294 g/mol. The molecular formula is C15H19FN2O3. The van der Waals surface area contributed by atoms with Crippen molar-refractivity contribution in [2.24, 2.45) is 0 Å². The van der Waals surface area contributed by atoms with Crippen molar-refractivity contribution in [3.63, 3.8) is 0 Å². The van der Waals surface area contributed by atoms with E-state index in [1.165, 1.54) is 23.0 Å². The van der Waals surface area contributed by atoms with Crippen molar-refractivity contribution < 1.29 is 18.7 Å². The zero-order valence-corrected chi connectivity index (χ0v) is 12.4. The first-order valence-electron chi connectivity index (χ1n) is 6.81. The number of piperazine rings is 1. The number of benzene rings is 1. The Morgan fingerprint density at radius 3 is 2.76 bits per heavy atom. The molecule has 1 heterocycles. The normalized spacial score (nSPS) is 19.0. The Bertz CT molecular complexity index is 562. The minimum absolute atomic E-state index is 0.0449. The summed E-state index contributed by atoms with van der Waals surface area (Å²) in [5.41, 5.74) is 1.06. The predicted molar refractivity (Wildman–Crippen MR) is 76.5 cm³/mol. The van der Waals surface area contributed by atoms with Crippen molar-refractivity contribution in [1.82, 2.24) is 4.90 Å². The van der Waals surface area contributed by atoms with Gasteiger partial charge in [-0.1, -0.05) is 6.07 Å². The third-order valence-corrected chi connectivity index (χ3v) is 3.71. The monoisotopic (exact) mass is 294 g/mol. The van der Waals surface area contributed by atoms with Gasteiger partial charge in [-0.05, 0) is 31.5 Å². The Morgan fingerprint density at radius 2 is 2.14 bits per heavy atom. The second kappa shape index (κ2) is 6.22.